The molecule has 28 heavy (non-hydrogen) atoms. The first kappa shape index (κ1) is 21.1. The van der Waals surface area contributed by atoms with Crippen LogP contribution in [0.3, 0.4) is 0 Å². The Morgan fingerprint density at radius 2 is 1.89 bits per heavy atom. The number of benzene rings is 1. The number of hydrogen-bond donors (Lipinski definition) is 0. The second-order valence-corrected chi connectivity index (χ2v) is 8.25. The third-order valence-corrected chi connectivity index (χ3v) is 6.11. The van der Waals surface area contributed by atoms with Crippen LogP contribution in [0.4, 0.5) is 0 Å². The highest BCUT2D eigenvalue weighted by molar-refractivity contribution is 6.31. The molecule has 1 aromatic rings. The minimum atomic E-state index is -0.514. The van der Waals surface area contributed by atoms with Crippen molar-refractivity contribution in [3.8, 4) is 0 Å². The number of carbonyl (C=O) groups excluding carboxylic acids is 2. The highest BCUT2D eigenvalue weighted by Gasteiger charge is 2.33. The number of ether oxygens (including phenoxy) is 1. The van der Waals surface area contributed by atoms with Crippen LogP contribution in [0.2, 0.25) is 5.02 Å². The zero-order valence-corrected chi connectivity index (χ0v) is 17.5. The van der Waals surface area contributed by atoms with Gasteiger partial charge in [0.15, 0.2) is 0 Å². The molecule has 0 bridgehead atoms. The molecule has 2 atom stereocenters. The van der Waals surface area contributed by atoms with Crippen LogP contribution in [-0.4, -0.2) is 79.5 Å². The van der Waals surface area contributed by atoms with Gasteiger partial charge in [-0.15, -0.1) is 0 Å². The van der Waals surface area contributed by atoms with Crippen LogP contribution in [0, 0.1) is 5.92 Å². The largest absolute Gasteiger partial charge is 0.468 e. The summed E-state index contributed by atoms with van der Waals surface area (Å²) < 4.78 is 5.04. The molecule has 0 radical (unpaired) electrons. The lowest BCUT2D eigenvalue weighted by Crippen LogP contribution is -2.52. The number of hydrogen-bond acceptors (Lipinski definition) is 5. The Morgan fingerprint density at radius 3 is 2.54 bits per heavy atom. The third kappa shape index (κ3) is 5.04. The summed E-state index contributed by atoms with van der Waals surface area (Å²) in [6.07, 6.45) is 2.30. The van der Waals surface area contributed by atoms with Crippen LogP contribution in [0.25, 0.3) is 0 Å². The van der Waals surface area contributed by atoms with Gasteiger partial charge in [-0.1, -0.05) is 36.7 Å². The second-order valence-electron chi connectivity index (χ2n) is 7.85. The second kappa shape index (κ2) is 9.72. The van der Waals surface area contributed by atoms with E-state index in [-0.39, 0.29) is 11.9 Å². The summed E-state index contributed by atoms with van der Waals surface area (Å²) >= 11 is 6.34. The van der Waals surface area contributed by atoms with Gasteiger partial charge in [-0.3, -0.25) is 14.6 Å². The van der Waals surface area contributed by atoms with Crippen molar-refractivity contribution in [2.24, 2.45) is 5.92 Å². The predicted molar refractivity (Wildman–Crippen MR) is 109 cm³/mol. The molecule has 7 heteroatoms. The standard InChI is InChI=1S/C21H30ClN3O3/c1-16-6-5-9-25(14-16)19(26)15-23-10-12-24(13-11-23)20(21(27)28-2)17-7-3-4-8-18(17)22/h3-4,7-8,16,20H,5-6,9-15H2,1-2H3/t16-,20-/m0/s1. The van der Waals surface area contributed by atoms with Crippen molar-refractivity contribution < 1.29 is 14.3 Å². The number of rotatable bonds is 5. The first-order chi connectivity index (χ1) is 13.5. The Kier molecular flexibility index (Phi) is 7.32. The van der Waals surface area contributed by atoms with Crippen LogP contribution in [0.5, 0.6) is 0 Å². The Balaban J connectivity index is 1.59. The van der Waals surface area contributed by atoms with E-state index >= 15 is 0 Å². The molecule has 0 N–H and O–H groups in total. The first-order valence-electron chi connectivity index (χ1n) is 10.1. The zero-order chi connectivity index (χ0) is 20.1. The molecule has 3 rings (SSSR count). The lowest BCUT2D eigenvalue weighted by molar-refractivity contribution is -0.148. The third-order valence-electron chi connectivity index (χ3n) is 5.76. The van der Waals surface area contributed by atoms with Gasteiger partial charge in [0.05, 0.1) is 13.7 Å². The molecular formula is C21H30ClN3O3. The number of halogens is 1. The van der Waals surface area contributed by atoms with Crippen molar-refractivity contribution in [1.29, 1.82) is 0 Å². The van der Waals surface area contributed by atoms with Gasteiger partial charge >= 0.3 is 5.97 Å². The summed E-state index contributed by atoms with van der Waals surface area (Å²) in [7, 11) is 1.40. The number of carbonyl (C=O) groups is 2. The van der Waals surface area contributed by atoms with E-state index < -0.39 is 6.04 Å². The molecule has 2 fully saturated rings. The number of methoxy groups -OCH3 is 1. The van der Waals surface area contributed by atoms with Crippen LogP contribution < -0.4 is 0 Å². The number of piperidine rings is 1. The SMILES string of the molecule is COC(=O)[C@H](c1ccccc1Cl)N1CCN(CC(=O)N2CCC[C@H](C)C2)CC1. The number of amides is 1. The van der Waals surface area contributed by atoms with Gasteiger partial charge in [-0.05, 0) is 30.4 Å². The van der Waals surface area contributed by atoms with E-state index in [1.807, 2.05) is 23.1 Å². The quantitative estimate of drug-likeness (QED) is 0.702. The summed E-state index contributed by atoms with van der Waals surface area (Å²) in [5.74, 6) is 0.501. The van der Waals surface area contributed by atoms with Gasteiger partial charge in [0.25, 0.3) is 0 Å². The summed E-state index contributed by atoms with van der Waals surface area (Å²) in [4.78, 5) is 31.4. The molecule has 2 aliphatic rings. The smallest absolute Gasteiger partial charge is 0.327 e. The average molecular weight is 408 g/mol. The maximum absolute atomic E-state index is 12.6. The molecule has 0 unspecified atom stereocenters. The lowest BCUT2D eigenvalue weighted by atomic mass is 10.0. The molecule has 6 nitrogen and oxygen atoms in total. The van der Waals surface area contributed by atoms with Gasteiger partial charge < -0.3 is 9.64 Å². The lowest BCUT2D eigenvalue weighted by Gasteiger charge is -2.39. The summed E-state index contributed by atoms with van der Waals surface area (Å²) in [6.45, 7) is 7.27. The number of esters is 1. The van der Waals surface area contributed by atoms with E-state index in [1.54, 1.807) is 6.07 Å². The van der Waals surface area contributed by atoms with Crippen molar-refractivity contribution in [2.75, 3.05) is 52.9 Å². The molecule has 154 valence electrons. The minimum absolute atomic E-state index is 0.218. The van der Waals surface area contributed by atoms with Crippen molar-refractivity contribution in [3.05, 3.63) is 34.9 Å². The van der Waals surface area contributed by atoms with Gasteiger partial charge in [-0.2, -0.15) is 0 Å². The average Bonchev–Trinajstić information content (AvgIpc) is 2.70. The monoisotopic (exact) mass is 407 g/mol. The number of nitrogens with zero attached hydrogens (tertiary/aromatic N) is 3. The number of likely N-dealkylation sites (tertiary alicyclic amines) is 1. The molecule has 2 heterocycles. The highest BCUT2D eigenvalue weighted by atomic mass is 35.5. The Hall–Kier alpha value is -1.63. The molecule has 0 spiro atoms. The van der Waals surface area contributed by atoms with Crippen LogP contribution in [0.15, 0.2) is 24.3 Å². The van der Waals surface area contributed by atoms with Gasteiger partial charge in [0.1, 0.15) is 6.04 Å². The Labute approximate surface area is 172 Å². The summed E-state index contributed by atoms with van der Waals surface area (Å²) in [5.41, 5.74) is 0.767. The molecule has 2 saturated heterocycles. The molecule has 1 aromatic carbocycles. The molecular weight excluding hydrogens is 378 g/mol. The van der Waals surface area contributed by atoms with E-state index in [9.17, 15) is 9.59 Å². The van der Waals surface area contributed by atoms with Crippen molar-refractivity contribution in [3.63, 3.8) is 0 Å². The van der Waals surface area contributed by atoms with Crippen LogP contribution in [0.1, 0.15) is 31.4 Å². The normalized spacial score (nSPS) is 22.7. The fourth-order valence-corrected chi connectivity index (χ4v) is 4.41. The fourth-order valence-electron chi connectivity index (χ4n) is 4.17. The van der Waals surface area contributed by atoms with E-state index in [1.165, 1.54) is 13.5 Å². The fraction of sp³-hybridized carbons (Fsp3) is 0.619. The van der Waals surface area contributed by atoms with E-state index in [0.29, 0.717) is 30.6 Å². The van der Waals surface area contributed by atoms with Gasteiger partial charge in [0, 0.05) is 44.3 Å². The first-order valence-corrected chi connectivity index (χ1v) is 10.4. The minimum Gasteiger partial charge on any atom is -0.468 e. The molecule has 0 saturated carbocycles. The molecule has 0 aromatic heterocycles. The number of piperazine rings is 1. The Morgan fingerprint density at radius 1 is 1.18 bits per heavy atom. The topological polar surface area (TPSA) is 53.1 Å². The zero-order valence-electron chi connectivity index (χ0n) is 16.8. The van der Waals surface area contributed by atoms with Crippen LogP contribution in [-0.2, 0) is 14.3 Å². The van der Waals surface area contributed by atoms with E-state index in [2.05, 4.69) is 16.7 Å². The van der Waals surface area contributed by atoms with Crippen molar-refractivity contribution in [1.82, 2.24) is 14.7 Å². The van der Waals surface area contributed by atoms with Gasteiger partial charge in [0.2, 0.25) is 5.91 Å². The molecule has 0 aliphatic carbocycles. The van der Waals surface area contributed by atoms with E-state index in [4.69, 9.17) is 16.3 Å². The van der Waals surface area contributed by atoms with Crippen molar-refractivity contribution >= 4 is 23.5 Å². The predicted octanol–water partition coefficient (Wildman–Crippen LogP) is 2.43. The summed E-state index contributed by atoms with van der Waals surface area (Å²) in [5, 5.41) is 0.565. The van der Waals surface area contributed by atoms with E-state index in [0.717, 1.165) is 38.2 Å². The van der Waals surface area contributed by atoms with Gasteiger partial charge in [-0.25, -0.2) is 4.79 Å². The molecule has 1 amide bonds. The maximum Gasteiger partial charge on any atom is 0.327 e. The maximum atomic E-state index is 12.6. The van der Waals surface area contributed by atoms with Crippen molar-refractivity contribution in [2.45, 2.75) is 25.8 Å². The Bertz CT molecular complexity index is 691. The summed E-state index contributed by atoms with van der Waals surface area (Å²) in [6, 6.07) is 6.88. The molecule has 2 aliphatic heterocycles. The van der Waals surface area contributed by atoms with Crippen LogP contribution >= 0.6 is 11.6 Å². The highest BCUT2D eigenvalue weighted by Crippen LogP contribution is 2.29.